The molecule has 0 atom stereocenters. The maximum atomic E-state index is 13.5. The number of nitrogens with two attached hydrogens (primary N) is 2. The first-order chi connectivity index (χ1) is 9.38. The second-order valence-corrected chi connectivity index (χ2v) is 3.90. The number of nitrogens with one attached hydrogen (secondary N) is 1. The summed E-state index contributed by atoms with van der Waals surface area (Å²) in [4.78, 5) is 15.0. The van der Waals surface area contributed by atoms with Gasteiger partial charge < -0.3 is 16.8 Å². The molecule has 0 saturated carbocycles. The van der Waals surface area contributed by atoms with Crippen LogP contribution in [0.1, 0.15) is 10.4 Å². The minimum absolute atomic E-state index is 0.103. The highest BCUT2D eigenvalue weighted by molar-refractivity contribution is 5.99. The molecular weight excluding hydrogens is 273 g/mol. The Balaban J connectivity index is 2.45. The zero-order valence-electron chi connectivity index (χ0n) is 9.95. The molecule has 20 heavy (non-hydrogen) atoms. The lowest BCUT2D eigenvalue weighted by atomic mass is 10.2. The Kier molecular flexibility index (Phi) is 3.47. The van der Waals surface area contributed by atoms with Crippen LogP contribution in [0.15, 0.2) is 24.4 Å². The van der Waals surface area contributed by atoms with Crippen molar-refractivity contribution in [2.45, 2.75) is 0 Å². The second-order valence-electron chi connectivity index (χ2n) is 3.90. The summed E-state index contributed by atoms with van der Waals surface area (Å²) < 4.78 is 39.4. The van der Waals surface area contributed by atoms with E-state index in [2.05, 4.69) is 10.3 Å². The average Bonchev–Trinajstić information content (AvgIpc) is 2.37. The number of carbonyl (C=O) groups is 1. The van der Waals surface area contributed by atoms with Gasteiger partial charge in [0.2, 0.25) is 0 Å². The fourth-order valence-corrected chi connectivity index (χ4v) is 1.51. The topological polar surface area (TPSA) is 94.0 Å². The van der Waals surface area contributed by atoms with Gasteiger partial charge in [0.25, 0.3) is 5.91 Å². The first-order valence-electron chi connectivity index (χ1n) is 5.35. The summed E-state index contributed by atoms with van der Waals surface area (Å²) in [6.07, 6.45) is 1.20. The Morgan fingerprint density at radius 2 is 1.75 bits per heavy atom. The van der Waals surface area contributed by atoms with Gasteiger partial charge in [-0.05, 0) is 6.07 Å². The van der Waals surface area contributed by atoms with Crippen LogP contribution < -0.4 is 16.8 Å². The molecule has 0 fully saturated rings. The Morgan fingerprint density at radius 3 is 2.40 bits per heavy atom. The van der Waals surface area contributed by atoms with Crippen LogP contribution in [0, 0.1) is 17.5 Å². The number of carbonyl (C=O) groups excluding carboxylic acids is 1. The van der Waals surface area contributed by atoms with Gasteiger partial charge in [0.15, 0.2) is 11.6 Å². The quantitative estimate of drug-likeness (QED) is 0.750. The van der Waals surface area contributed by atoms with Crippen molar-refractivity contribution >= 4 is 23.1 Å². The summed E-state index contributed by atoms with van der Waals surface area (Å²) in [5, 5.41) is 2.37. The molecule has 1 aromatic carbocycles. The van der Waals surface area contributed by atoms with Gasteiger partial charge in [-0.25, -0.2) is 18.2 Å². The minimum Gasteiger partial charge on any atom is -0.397 e. The number of hydrogen-bond acceptors (Lipinski definition) is 4. The van der Waals surface area contributed by atoms with Crippen molar-refractivity contribution < 1.29 is 18.0 Å². The molecule has 0 aliphatic carbocycles. The lowest BCUT2D eigenvalue weighted by Gasteiger charge is -2.10. The predicted molar refractivity (Wildman–Crippen MR) is 66.8 cm³/mol. The first kappa shape index (κ1) is 13.7. The Bertz CT molecular complexity index is 691. The Hall–Kier alpha value is -2.77. The summed E-state index contributed by atoms with van der Waals surface area (Å²) in [5.74, 6) is -4.58. The van der Waals surface area contributed by atoms with E-state index in [4.69, 9.17) is 11.5 Å². The van der Waals surface area contributed by atoms with Crippen LogP contribution >= 0.6 is 0 Å². The standard InChI is InChI=1S/C12H9F3N4O/c13-7-2-9(15)10(3-8(7)14)19-12-6(11(17)20)1-5(16)4-18-12/h1-4H,16H2,(H2,17,20)(H,18,19). The zero-order valence-corrected chi connectivity index (χ0v) is 9.95. The third-order valence-corrected chi connectivity index (χ3v) is 2.44. The van der Waals surface area contributed by atoms with Gasteiger partial charge in [-0.15, -0.1) is 0 Å². The van der Waals surface area contributed by atoms with Gasteiger partial charge in [-0.1, -0.05) is 0 Å². The molecule has 0 unspecified atom stereocenters. The van der Waals surface area contributed by atoms with Gasteiger partial charge >= 0.3 is 0 Å². The van der Waals surface area contributed by atoms with E-state index in [0.717, 1.165) is 0 Å². The minimum atomic E-state index is -1.33. The van der Waals surface area contributed by atoms with Crippen LogP contribution in [0.25, 0.3) is 0 Å². The number of rotatable bonds is 3. The number of halogens is 3. The molecule has 0 radical (unpaired) electrons. The molecule has 0 aliphatic rings. The molecule has 2 aromatic rings. The SMILES string of the molecule is NC(=O)c1cc(N)cnc1Nc1cc(F)c(F)cc1F. The fourth-order valence-electron chi connectivity index (χ4n) is 1.51. The largest absolute Gasteiger partial charge is 0.397 e. The van der Waals surface area contributed by atoms with Gasteiger partial charge in [0, 0.05) is 12.1 Å². The van der Waals surface area contributed by atoms with Crippen LogP contribution in [0.5, 0.6) is 0 Å². The summed E-state index contributed by atoms with van der Waals surface area (Å²) in [7, 11) is 0. The summed E-state index contributed by atoms with van der Waals surface area (Å²) >= 11 is 0. The molecule has 5 nitrogen and oxygen atoms in total. The maximum Gasteiger partial charge on any atom is 0.252 e. The van der Waals surface area contributed by atoms with E-state index in [1.54, 1.807) is 0 Å². The molecule has 0 saturated heterocycles. The maximum absolute atomic E-state index is 13.5. The molecule has 104 valence electrons. The number of hydrogen-bond donors (Lipinski definition) is 3. The summed E-state index contributed by atoms with van der Waals surface area (Å²) in [5.41, 5.74) is 10.3. The van der Waals surface area contributed by atoms with Crippen LogP contribution in [-0.4, -0.2) is 10.9 Å². The van der Waals surface area contributed by atoms with Gasteiger partial charge in [0.1, 0.15) is 11.6 Å². The number of nitrogen functional groups attached to an aromatic ring is 1. The van der Waals surface area contributed by atoms with Crippen LogP contribution in [0.3, 0.4) is 0 Å². The van der Waals surface area contributed by atoms with E-state index in [0.29, 0.717) is 12.1 Å². The van der Waals surface area contributed by atoms with Crippen molar-refractivity contribution in [3.05, 3.63) is 47.4 Å². The van der Waals surface area contributed by atoms with Crippen LogP contribution in [-0.2, 0) is 0 Å². The van der Waals surface area contributed by atoms with E-state index >= 15 is 0 Å². The lowest BCUT2D eigenvalue weighted by molar-refractivity contribution is 0.100. The molecule has 2 rings (SSSR count). The molecule has 0 bridgehead atoms. The van der Waals surface area contributed by atoms with Crippen LogP contribution in [0.4, 0.5) is 30.4 Å². The van der Waals surface area contributed by atoms with Crippen molar-refractivity contribution in [2.75, 3.05) is 11.1 Å². The number of aromatic nitrogens is 1. The molecule has 1 amide bonds. The predicted octanol–water partition coefficient (Wildman–Crippen LogP) is 1.92. The molecule has 1 aromatic heterocycles. The van der Waals surface area contributed by atoms with E-state index in [-0.39, 0.29) is 22.8 Å². The van der Waals surface area contributed by atoms with Gasteiger partial charge in [0.05, 0.1) is 23.1 Å². The van der Waals surface area contributed by atoms with E-state index in [1.165, 1.54) is 12.3 Å². The molecule has 5 N–H and O–H groups in total. The molecule has 8 heteroatoms. The second kappa shape index (κ2) is 5.08. The first-order valence-corrected chi connectivity index (χ1v) is 5.35. The highest BCUT2D eigenvalue weighted by Crippen LogP contribution is 2.24. The van der Waals surface area contributed by atoms with E-state index in [9.17, 15) is 18.0 Å². The van der Waals surface area contributed by atoms with E-state index < -0.39 is 23.4 Å². The Morgan fingerprint density at radius 1 is 1.10 bits per heavy atom. The van der Waals surface area contributed by atoms with Crippen molar-refractivity contribution in [3.63, 3.8) is 0 Å². The van der Waals surface area contributed by atoms with Crippen molar-refractivity contribution in [1.29, 1.82) is 0 Å². The van der Waals surface area contributed by atoms with Crippen molar-refractivity contribution in [2.24, 2.45) is 5.73 Å². The molecule has 1 heterocycles. The lowest BCUT2D eigenvalue weighted by Crippen LogP contribution is -2.15. The summed E-state index contributed by atoms with van der Waals surface area (Å²) in [6, 6.07) is 2.21. The normalized spacial score (nSPS) is 10.3. The summed E-state index contributed by atoms with van der Waals surface area (Å²) in [6.45, 7) is 0. The average molecular weight is 282 g/mol. The smallest absolute Gasteiger partial charge is 0.252 e. The van der Waals surface area contributed by atoms with E-state index in [1.807, 2.05) is 0 Å². The highest BCUT2D eigenvalue weighted by Gasteiger charge is 2.14. The molecular formula is C12H9F3N4O. The van der Waals surface area contributed by atoms with Gasteiger partial charge in [-0.2, -0.15) is 0 Å². The molecule has 0 spiro atoms. The number of pyridine rings is 1. The zero-order chi connectivity index (χ0) is 14.9. The van der Waals surface area contributed by atoms with Crippen molar-refractivity contribution in [1.82, 2.24) is 4.98 Å². The fraction of sp³-hybridized carbons (Fsp3) is 0. The number of benzene rings is 1. The monoisotopic (exact) mass is 282 g/mol. The number of primary amides is 1. The van der Waals surface area contributed by atoms with Crippen molar-refractivity contribution in [3.8, 4) is 0 Å². The van der Waals surface area contributed by atoms with Crippen LogP contribution in [0.2, 0.25) is 0 Å². The third-order valence-electron chi connectivity index (χ3n) is 2.44. The molecule has 0 aliphatic heterocycles. The number of nitrogens with zero attached hydrogens (tertiary/aromatic N) is 1. The van der Waals surface area contributed by atoms with Gasteiger partial charge in [-0.3, -0.25) is 4.79 Å². The third kappa shape index (κ3) is 2.63. The highest BCUT2D eigenvalue weighted by atomic mass is 19.2. The Labute approximate surface area is 111 Å². The number of anilines is 3. The number of amides is 1.